The Hall–Kier alpha value is -0.500. The van der Waals surface area contributed by atoms with Gasteiger partial charge in [-0.3, -0.25) is 4.98 Å². The average Bonchev–Trinajstić information content (AvgIpc) is 2.15. The van der Waals surface area contributed by atoms with Crippen molar-refractivity contribution in [3.8, 4) is 0 Å². The molecule has 1 heterocycles. The molecule has 5 nitrogen and oxygen atoms in total. The minimum Gasteiger partial charge on any atom is -0.308 e. The van der Waals surface area contributed by atoms with Gasteiger partial charge in [-0.05, 0) is 43.0 Å². The van der Waals surface area contributed by atoms with Crippen molar-refractivity contribution in [2.45, 2.75) is 17.9 Å². The van der Waals surface area contributed by atoms with Gasteiger partial charge >= 0.3 is 0 Å². The Balaban J connectivity index is 2.82. The number of pyridine rings is 1. The highest BCUT2D eigenvalue weighted by atomic mass is 79.9. The van der Waals surface area contributed by atoms with Crippen LogP contribution >= 0.6 is 15.9 Å². The van der Waals surface area contributed by atoms with E-state index in [2.05, 4.69) is 25.6 Å². The predicted octanol–water partition coefficient (Wildman–Crippen LogP) is 1.07. The summed E-state index contributed by atoms with van der Waals surface area (Å²) in [5.74, 6) is 0. The Morgan fingerprint density at radius 2 is 2.12 bits per heavy atom. The number of hydrogen-bond acceptors (Lipinski definition) is 4. The lowest BCUT2D eigenvalue weighted by Gasteiger charge is -2.18. The second kappa shape index (κ2) is 5.90. The zero-order valence-corrected chi connectivity index (χ0v) is 12.4. The number of sulfonamides is 1. The fourth-order valence-corrected chi connectivity index (χ4v) is 3.20. The van der Waals surface area contributed by atoms with Crippen molar-refractivity contribution in [1.29, 1.82) is 0 Å². The maximum absolute atomic E-state index is 12.0. The molecule has 1 aromatic rings. The van der Waals surface area contributed by atoms with Crippen LogP contribution in [-0.2, 0) is 10.0 Å². The number of aromatic nitrogens is 1. The average molecular weight is 322 g/mol. The van der Waals surface area contributed by atoms with E-state index in [0.717, 1.165) is 0 Å². The molecule has 17 heavy (non-hydrogen) atoms. The molecule has 1 atom stereocenters. The molecule has 1 aromatic heterocycles. The van der Waals surface area contributed by atoms with Gasteiger partial charge in [0.1, 0.15) is 4.90 Å². The van der Waals surface area contributed by atoms with E-state index in [4.69, 9.17) is 0 Å². The van der Waals surface area contributed by atoms with Gasteiger partial charge in [-0.15, -0.1) is 0 Å². The summed E-state index contributed by atoms with van der Waals surface area (Å²) >= 11 is 3.20. The maximum atomic E-state index is 12.0. The van der Waals surface area contributed by atoms with Crippen LogP contribution in [0.1, 0.15) is 6.92 Å². The lowest BCUT2D eigenvalue weighted by Crippen LogP contribution is -2.39. The molecule has 1 unspecified atom stereocenters. The molecule has 7 heteroatoms. The molecule has 0 aliphatic carbocycles. The molecule has 1 N–H and O–H groups in total. The summed E-state index contributed by atoms with van der Waals surface area (Å²) < 4.78 is 27.2. The lowest BCUT2D eigenvalue weighted by atomic mass is 10.3. The summed E-state index contributed by atoms with van der Waals surface area (Å²) in [6.45, 7) is 2.46. The van der Waals surface area contributed by atoms with Gasteiger partial charge in [0, 0.05) is 29.5 Å². The molecule has 1 rings (SSSR count). The van der Waals surface area contributed by atoms with E-state index in [1.165, 1.54) is 12.3 Å². The van der Waals surface area contributed by atoms with E-state index >= 15 is 0 Å². The molecule has 96 valence electrons. The first-order chi connectivity index (χ1) is 7.81. The second-order valence-corrected chi connectivity index (χ2v) is 6.75. The molecule has 0 aliphatic heterocycles. The lowest BCUT2D eigenvalue weighted by molar-refractivity contribution is 0.370. The molecular formula is C10H16BrN3O2S. The van der Waals surface area contributed by atoms with Gasteiger partial charge in [-0.2, -0.15) is 0 Å². The first-order valence-electron chi connectivity index (χ1n) is 5.09. The predicted molar refractivity (Wildman–Crippen MR) is 70.3 cm³/mol. The molecule has 0 saturated heterocycles. The molecule has 0 amide bonds. The standard InChI is InChI=1S/C10H16BrN3O2S/c1-8(7-14(2)3)13-17(15,16)10-4-9(11)5-12-6-10/h4-6,8,13H,7H2,1-3H3. The summed E-state index contributed by atoms with van der Waals surface area (Å²) in [5, 5.41) is 0. The second-order valence-electron chi connectivity index (χ2n) is 4.12. The molecule has 0 radical (unpaired) electrons. The van der Waals surface area contributed by atoms with E-state index in [9.17, 15) is 8.42 Å². The summed E-state index contributed by atoms with van der Waals surface area (Å²) in [6, 6.07) is 1.37. The van der Waals surface area contributed by atoms with E-state index in [1.54, 1.807) is 6.20 Å². The van der Waals surface area contributed by atoms with Gasteiger partial charge in [-0.1, -0.05) is 0 Å². The first kappa shape index (κ1) is 14.6. The molecule has 0 bridgehead atoms. The zero-order valence-electron chi connectivity index (χ0n) is 10.0. The van der Waals surface area contributed by atoms with E-state index in [1.807, 2.05) is 25.9 Å². The monoisotopic (exact) mass is 321 g/mol. The number of nitrogens with zero attached hydrogens (tertiary/aromatic N) is 2. The van der Waals surface area contributed by atoms with E-state index < -0.39 is 10.0 Å². The van der Waals surface area contributed by atoms with Crippen molar-refractivity contribution >= 4 is 26.0 Å². The van der Waals surface area contributed by atoms with E-state index in [-0.39, 0.29) is 10.9 Å². The van der Waals surface area contributed by atoms with Gasteiger partial charge in [0.15, 0.2) is 0 Å². The van der Waals surface area contributed by atoms with Crippen LogP contribution in [0.15, 0.2) is 27.8 Å². The molecule has 0 aliphatic rings. The zero-order chi connectivity index (χ0) is 13.1. The number of nitrogens with one attached hydrogen (secondary N) is 1. The number of hydrogen-bond donors (Lipinski definition) is 1. The Morgan fingerprint density at radius 1 is 1.47 bits per heavy atom. The van der Waals surface area contributed by atoms with Crippen LogP contribution in [0, 0.1) is 0 Å². The third-order valence-corrected chi connectivity index (χ3v) is 3.98. The highest BCUT2D eigenvalue weighted by Crippen LogP contribution is 2.14. The van der Waals surface area contributed by atoms with Crippen molar-refractivity contribution in [3.05, 3.63) is 22.9 Å². The van der Waals surface area contributed by atoms with Gasteiger partial charge in [-0.25, -0.2) is 13.1 Å². The van der Waals surface area contributed by atoms with Crippen molar-refractivity contribution in [1.82, 2.24) is 14.6 Å². The van der Waals surface area contributed by atoms with Crippen molar-refractivity contribution in [2.75, 3.05) is 20.6 Å². The summed E-state index contributed by atoms with van der Waals surface area (Å²) in [7, 11) is 0.292. The summed E-state index contributed by atoms with van der Waals surface area (Å²) in [5.41, 5.74) is 0. The molecule has 0 aromatic carbocycles. The summed E-state index contributed by atoms with van der Waals surface area (Å²) in [6.07, 6.45) is 2.87. The maximum Gasteiger partial charge on any atom is 0.242 e. The topological polar surface area (TPSA) is 62.3 Å². The molecular weight excluding hydrogens is 306 g/mol. The van der Waals surface area contributed by atoms with Crippen LogP contribution in [0.2, 0.25) is 0 Å². The Bertz CT molecular complexity index is 476. The van der Waals surface area contributed by atoms with Crippen LogP contribution in [-0.4, -0.2) is 45.0 Å². The highest BCUT2D eigenvalue weighted by molar-refractivity contribution is 9.10. The third kappa shape index (κ3) is 4.71. The minimum atomic E-state index is -3.50. The Morgan fingerprint density at radius 3 is 2.65 bits per heavy atom. The third-order valence-electron chi connectivity index (χ3n) is 1.99. The van der Waals surface area contributed by atoms with Gasteiger partial charge in [0.2, 0.25) is 10.0 Å². The summed E-state index contributed by atoms with van der Waals surface area (Å²) in [4.78, 5) is 5.93. The molecule has 0 spiro atoms. The van der Waals surface area contributed by atoms with Crippen LogP contribution in [0.4, 0.5) is 0 Å². The fraction of sp³-hybridized carbons (Fsp3) is 0.500. The van der Waals surface area contributed by atoms with Gasteiger partial charge in [0.25, 0.3) is 0 Å². The van der Waals surface area contributed by atoms with Crippen LogP contribution in [0.25, 0.3) is 0 Å². The van der Waals surface area contributed by atoms with Crippen molar-refractivity contribution in [2.24, 2.45) is 0 Å². The normalized spacial score (nSPS) is 13.9. The quantitative estimate of drug-likeness (QED) is 0.881. The first-order valence-corrected chi connectivity index (χ1v) is 7.36. The van der Waals surface area contributed by atoms with Crippen LogP contribution in [0.5, 0.6) is 0 Å². The van der Waals surface area contributed by atoms with Crippen molar-refractivity contribution < 1.29 is 8.42 Å². The van der Waals surface area contributed by atoms with Gasteiger partial charge in [0.05, 0.1) is 0 Å². The highest BCUT2D eigenvalue weighted by Gasteiger charge is 2.18. The SMILES string of the molecule is CC(CN(C)C)NS(=O)(=O)c1cncc(Br)c1. The fourth-order valence-electron chi connectivity index (χ4n) is 1.46. The number of halogens is 1. The van der Waals surface area contributed by atoms with Crippen molar-refractivity contribution in [3.63, 3.8) is 0 Å². The smallest absolute Gasteiger partial charge is 0.242 e. The molecule has 0 saturated carbocycles. The molecule has 0 fully saturated rings. The Kier molecular flexibility index (Phi) is 5.05. The number of rotatable bonds is 5. The minimum absolute atomic E-state index is 0.158. The van der Waals surface area contributed by atoms with Gasteiger partial charge < -0.3 is 4.90 Å². The van der Waals surface area contributed by atoms with Crippen LogP contribution < -0.4 is 4.72 Å². The largest absolute Gasteiger partial charge is 0.308 e. The number of likely N-dealkylation sites (N-methyl/N-ethyl adjacent to an activating group) is 1. The van der Waals surface area contributed by atoms with Crippen LogP contribution in [0.3, 0.4) is 0 Å². The van der Waals surface area contributed by atoms with E-state index in [0.29, 0.717) is 11.0 Å². The Labute approximate surface area is 110 Å².